The van der Waals surface area contributed by atoms with Gasteiger partial charge in [0.05, 0.1) is 5.39 Å². The number of rotatable bonds is 2. The van der Waals surface area contributed by atoms with Crippen LogP contribution in [0, 0.1) is 5.92 Å². The Labute approximate surface area is 150 Å². The van der Waals surface area contributed by atoms with Gasteiger partial charge < -0.3 is 4.90 Å². The van der Waals surface area contributed by atoms with E-state index in [0.29, 0.717) is 27.9 Å². The van der Waals surface area contributed by atoms with Crippen LogP contribution in [-0.2, 0) is 0 Å². The van der Waals surface area contributed by atoms with E-state index >= 15 is 0 Å². The van der Waals surface area contributed by atoms with Gasteiger partial charge in [0.2, 0.25) is 5.95 Å². The highest BCUT2D eigenvalue weighted by atomic mass is 35.5. The molecular formula is C19H19ClN4O. The van der Waals surface area contributed by atoms with Crippen molar-refractivity contribution in [1.82, 2.24) is 15.0 Å². The Morgan fingerprint density at radius 3 is 2.68 bits per heavy atom. The van der Waals surface area contributed by atoms with Crippen LogP contribution in [0.5, 0.6) is 0 Å². The Morgan fingerprint density at radius 2 is 1.92 bits per heavy atom. The molecule has 0 amide bonds. The van der Waals surface area contributed by atoms with E-state index in [1.54, 1.807) is 6.20 Å². The van der Waals surface area contributed by atoms with Crippen LogP contribution in [-0.4, -0.2) is 28.0 Å². The molecular weight excluding hydrogens is 336 g/mol. The monoisotopic (exact) mass is 354 g/mol. The molecule has 1 saturated heterocycles. The standard InChI is InChI=1S/C19H19ClN4O/c1-12-7-10-24(11-8-12)19-22-17-16(18(25)23-19)14(6-9-21-17)13-4-2-3-5-15(13)20/h2-6,9,12H,7-8,10-11H2,1H3,(H,21,22,23,25). The van der Waals surface area contributed by atoms with Gasteiger partial charge in [0.25, 0.3) is 5.56 Å². The number of nitrogens with one attached hydrogen (secondary N) is 1. The predicted octanol–water partition coefficient (Wildman–Crippen LogP) is 3.87. The summed E-state index contributed by atoms with van der Waals surface area (Å²) in [6.07, 6.45) is 3.89. The highest BCUT2D eigenvalue weighted by molar-refractivity contribution is 6.33. The van der Waals surface area contributed by atoms with Gasteiger partial charge in [-0.3, -0.25) is 9.78 Å². The van der Waals surface area contributed by atoms with Crippen molar-refractivity contribution >= 4 is 28.6 Å². The summed E-state index contributed by atoms with van der Waals surface area (Å²) in [7, 11) is 0. The molecule has 1 aliphatic rings. The van der Waals surface area contributed by atoms with Crippen molar-refractivity contribution in [2.24, 2.45) is 5.92 Å². The fraction of sp³-hybridized carbons (Fsp3) is 0.316. The number of nitrogens with zero attached hydrogens (tertiary/aromatic N) is 3. The average Bonchev–Trinajstić information content (AvgIpc) is 2.62. The molecule has 0 spiro atoms. The molecule has 5 nitrogen and oxygen atoms in total. The zero-order chi connectivity index (χ0) is 17.4. The van der Waals surface area contributed by atoms with Gasteiger partial charge in [0, 0.05) is 35.4 Å². The first-order valence-corrected chi connectivity index (χ1v) is 8.90. The van der Waals surface area contributed by atoms with Crippen LogP contribution >= 0.6 is 11.6 Å². The number of hydrogen-bond donors (Lipinski definition) is 1. The maximum Gasteiger partial charge on any atom is 0.262 e. The third-order valence-corrected chi connectivity index (χ3v) is 5.17. The van der Waals surface area contributed by atoms with Gasteiger partial charge in [-0.25, -0.2) is 4.98 Å². The number of halogens is 1. The molecule has 1 aromatic carbocycles. The second kappa shape index (κ2) is 6.48. The van der Waals surface area contributed by atoms with Crippen molar-refractivity contribution in [1.29, 1.82) is 0 Å². The van der Waals surface area contributed by atoms with Gasteiger partial charge in [-0.1, -0.05) is 36.7 Å². The second-order valence-corrected chi connectivity index (χ2v) is 7.00. The number of fused-ring (bicyclic) bond motifs is 1. The van der Waals surface area contributed by atoms with Crippen molar-refractivity contribution in [3.63, 3.8) is 0 Å². The fourth-order valence-corrected chi connectivity index (χ4v) is 3.56. The first kappa shape index (κ1) is 16.1. The largest absolute Gasteiger partial charge is 0.342 e. The zero-order valence-electron chi connectivity index (χ0n) is 14.0. The van der Waals surface area contributed by atoms with E-state index in [-0.39, 0.29) is 5.56 Å². The van der Waals surface area contributed by atoms with Crippen LogP contribution in [0.4, 0.5) is 5.95 Å². The SMILES string of the molecule is CC1CCN(c2nc3nccc(-c4ccccc4Cl)c3c(=O)[nH]2)CC1. The van der Waals surface area contributed by atoms with Gasteiger partial charge >= 0.3 is 0 Å². The van der Waals surface area contributed by atoms with Crippen LogP contribution in [0.3, 0.4) is 0 Å². The maximum atomic E-state index is 12.8. The van der Waals surface area contributed by atoms with Crippen molar-refractivity contribution in [2.45, 2.75) is 19.8 Å². The summed E-state index contributed by atoms with van der Waals surface area (Å²) < 4.78 is 0. The van der Waals surface area contributed by atoms with Crippen molar-refractivity contribution < 1.29 is 0 Å². The lowest BCUT2D eigenvalue weighted by molar-refractivity contribution is 0.434. The Morgan fingerprint density at radius 1 is 1.16 bits per heavy atom. The highest BCUT2D eigenvalue weighted by Crippen LogP contribution is 2.31. The molecule has 128 valence electrons. The maximum absolute atomic E-state index is 12.8. The number of pyridine rings is 1. The molecule has 1 fully saturated rings. The number of piperidine rings is 1. The predicted molar refractivity (Wildman–Crippen MR) is 101 cm³/mol. The summed E-state index contributed by atoms with van der Waals surface area (Å²) in [5, 5.41) is 1.08. The van der Waals surface area contributed by atoms with Gasteiger partial charge in [-0.15, -0.1) is 0 Å². The lowest BCUT2D eigenvalue weighted by atomic mass is 10.00. The number of anilines is 1. The van der Waals surface area contributed by atoms with Gasteiger partial charge in [0.1, 0.15) is 0 Å². The van der Waals surface area contributed by atoms with Crippen molar-refractivity contribution in [2.75, 3.05) is 18.0 Å². The van der Waals surface area contributed by atoms with E-state index in [1.165, 1.54) is 0 Å². The third-order valence-electron chi connectivity index (χ3n) is 4.84. The Bertz CT molecular complexity index is 977. The normalized spacial score (nSPS) is 15.7. The summed E-state index contributed by atoms with van der Waals surface area (Å²) in [5.74, 6) is 1.32. The molecule has 3 aromatic rings. The topological polar surface area (TPSA) is 61.9 Å². The van der Waals surface area contributed by atoms with Crippen molar-refractivity contribution in [3.05, 3.63) is 51.9 Å². The number of benzene rings is 1. The van der Waals surface area contributed by atoms with Crippen molar-refractivity contribution in [3.8, 4) is 11.1 Å². The van der Waals surface area contributed by atoms with E-state index in [1.807, 2.05) is 30.3 Å². The first-order valence-electron chi connectivity index (χ1n) is 8.52. The Kier molecular flexibility index (Phi) is 4.17. The minimum absolute atomic E-state index is 0.179. The second-order valence-electron chi connectivity index (χ2n) is 6.60. The summed E-state index contributed by atoms with van der Waals surface area (Å²) >= 11 is 6.32. The van der Waals surface area contributed by atoms with E-state index in [4.69, 9.17) is 11.6 Å². The summed E-state index contributed by atoms with van der Waals surface area (Å²) in [6.45, 7) is 4.06. The number of hydrogen-bond acceptors (Lipinski definition) is 4. The molecule has 0 unspecified atom stereocenters. The van der Waals surface area contributed by atoms with Gasteiger partial charge in [-0.05, 0) is 30.9 Å². The highest BCUT2D eigenvalue weighted by Gasteiger charge is 2.20. The molecule has 0 aliphatic carbocycles. The molecule has 4 rings (SSSR count). The van der Waals surface area contributed by atoms with Crippen LogP contribution in [0.25, 0.3) is 22.2 Å². The molecule has 2 aromatic heterocycles. The number of aromatic nitrogens is 3. The quantitative estimate of drug-likeness (QED) is 0.758. The van der Waals surface area contributed by atoms with E-state index < -0.39 is 0 Å². The van der Waals surface area contributed by atoms with E-state index in [2.05, 4.69) is 26.8 Å². The molecule has 6 heteroatoms. The summed E-state index contributed by atoms with van der Waals surface area (Å²) in [6, 6.07) is 9.29. The molecule has 25 heavy (non-hydrogen) atoms. The number of H-pyrrole nitrogens is 1. The van der Waals surface area contributed by atoms with Crippen LogP contribution in [0.1, 0.15) is 19.8 Å². The smallest absolute Gasteiger partial charge is 0.262 e. The first-order chi connectivity index (χ1) is 12.1. The minimum atomic E-state index is -0.179. The van der Waals surface area contributed by atoms with Gasteiger partial charge in [-0.2, -0.15) is 4.98 Å². The van der Waals surface area contributed by atoms with Gasteiger partial charge in [0.15, 0.2) is 5.65 Å². The Hall–Kier alpha value is -2.40. The lowest BCUT2D eigenvalue weighted by Gasteiger charge is -2.30. The molecule has 3 heterocycles. The summed E-state index contributed by atoms with van der Waals surface area (Å²) in [4.78, 5) is 26.8. The molecule has 1 aliphatic heterocycles. The number of aromatic amines is 1. The molecule has 0 saturated carbocycles. The zero-order valence-corrected chi connectivity index (χ0v) is 14.8. The molecule has 1 N–H and O–H groups in total. The Balaban J connectivity index is 1.84. The minimum Gasteiger partial charge on any atom is -0.342 e. The average molecular weight is 355 g/mol. The van der Waals surface area contributed by atoms with Crippen LogP contribution < -0.4 is 10.5 Å². The third kappa shape index (κ3) is 3.00. The fourth-order valence-electron chi connectivity index (χ4n) is 3.33. The van der Waals surface area contributed by atoms with E-state index in [9.17, 15) is 4.79 Å². The molecule has 0 radical (unpaired) electrons. The molecule has 0 atom stereocenters. The van der Waals surface area contributed by atoms with Crippen LogP contribution in [0.2, 0.25) is 5.02 Å². The molecule has 0 bridgehead atoms. The summed E-state index contributed by atoms with van der Waals surface area (Å²) in [5.41, 5.74) is 1.84. The lowest BCUT2D eigenvalue weighted by Crippen LogP contribution is -2.35. The van der Waals surface area contributed by atoms with E-state index in [0.717, 1.165) is 37.1 Å². The van der Waals surface area contributed by atoms with Crippen LogP contribution in [0.15, 0.2) is 41.3 Å².